The van der Waals surface area contributed by atoms with Crippen LogP contribution in [0.2, 0.25) is 0 Å². The van der Waals surface area contributed by atoms with Crippen LogP contribution < -0.4 is 10.6 Å². The van der Waals surface area contributed by atoms with E-state index in [0.717, 1.165) is 0 Å². The summed E-state index contributed by atoms with van der Waals surface area (Å²) in [6, 6.07) is 10.4. The summed E-state index contributed by atoms with van der Waals surface area (Å²) >= 11 is 0. The first-order valence-electron chi connectivity index (χ1n) is 8.00. The third-order valence-corrected chi connectivity index (χ3v) is 3.87. The van der Waals surface area contributed by atoms with Gasteiger partial charge in [-0.25, -0.2) is 9.18 Å². The maximum Gasteiger partial charge on any atom is 0.348 e. The Morgan fingerprint density at radius 2 is 1.93 bits per heavy atom. The fourth-order valence-electron chi connectivity index (χ4n) is 2.43. The van der Waals surface area contributed by atoms with Gasteiger partial charge in [0.25, 0.3) is 11.6 Å². The minimum atomic E-state index is -0.858. The monoisotopic (exact) mass is 383 g/mol. The molecule has 1 aliphatic rings. The van der Waals surface area contributed by atoms with E-state index >= 15 is 0 Å². The zero-order valence-electron chi connectivity index (χ0n) is 14.5. The first-order valence-corrected chi connectivity index (χ1v) is 8.00. The molecule has 1 saturated heterocycles. The lowest BCUT2D eigenvalue weighted by Gasteiger charge is -2.11. The standard InChI is InChI=1S/C18H14FN5O4/c1-23-15(10-11-6-8-12(9-7-11)24(27)28)16(25)21-17(23)22-18(26)20-14-5-3-2-4-13(14)19/h2-10H,1H3,(H2,20,21,22,25,26)/b15-10-. The first-order chi connectivity index (χ1) is 13.3. The molecule has 1 heterocycles. The molecule has 3 amide bonds. The number of carbonyl (C=O) groups excluding carboxylic acids is 2. The second-order valence-corrected chi connectivity index (χ2v) is 5.74. The highest BCUT2D eigenvalue weighted by molar-refractivity contribution is 6.17. The molecular weight excluding hydrogens is 369 g/mol. The molecular formula is C18H14FN5O4. The summed E-state index contributed by atoms with van der Waals surface area (Å²) < 4.78 is 13.6. The van der Waals surface area contributed by atoms with Crippen LogP contribution in [-0.4, -0.2) is 34.8 Å². The van der Waals surface area contributed by atoms with Crippen LogP contribution in [-0.2, 0) is 4.79 Å². The third kappa shape index (κ3) is 4.01. The molecule has 1 fully saturated rings. The predicted octanol–water partition coefficient (Wildman–Crippen LogP) is 2.72. The lowest BCUT2D eigenvalue weighted by Crippen LogP contribution is -2.29. The predicted molar refractivity (Wildman–Crippen MR) is 99.8 cm³/mol. The van der Waals surface area contributed by atoms with Gasteiger partial charge in [-0.2, -0.15) is 4.99 Å². The summed E-state index contributed by atoms with van der Waals surface area (Å²) in [6.45, 7) is 0. The summed E-state index contributed by atoms with van der Waals surface area (Å²) in [5.74, 6) is -1.15. The Bertz CT molecular complexity index is 1020. The number of carbonyl (C=O) groups is 2. The minimum absolute atomic E-state index is 0.0352. The normalized spacial score (nSPS) is 16.4. The van der Waals surface area contributed by atoms with Crippen molar-refractivity contribution in [1.82, 2.24) is 10.2 Å². The smallest absolute Gasteiger partial charge is 0.310 e. The molecule has 2 aromatic rings. The number of nitrogens with zero attached hydrogens (tertiary/aromatic N) is 3. The largest absolute Gasteiger partial charge is 0.348 e. The van der Waals surface area contributed by atoms with E-state index in [1.165, 1.54) is 60.5 Å². The van der Waals surface area contributed by atoms with Crippen LogP contribution in [0.4, 0.5) is 20.6 Å². The summed E-state index contributed by atoms with van der Waals surface area (Å²) in [4.78, 5) is 39.4. The highest BCUT2D eigenvalue weighted by Crippen LogP contribution is 2.18. The highest BCUT2D eigenvalue weighted by Gasteiger charge is 2.29. The maximum absolute atomic E-state index is 13.6. The summed E-state index contributed by atoms with van der Waals surface area (Å²) in [5.41, 5.74) is 0.634. The Morgan fingerprint density at radius 1 is 1.25 bits per heavy atom. The van der Waals surface area contributed by atoms with Crippen molar-refractivity contribution in [2.45, 2.75) is 0 Å². The number of nitrogens with one attached hydrogen (secondary N) is 2. The van der Waals surface area contributed by atoms with Gasteiger partial charge in [-0.15, -0.1) is 0 Å². The molecule has 0 aromatic heterocycles. The van der Waals surface area contributed by atoms with E-state index in [1.54, 1.807) is 6.07 Å². The number of nitro benzene ring substituents is 1. The van der Waals surface area contributed by atoms with Crippen molar-refractivity contribution in [2.24, 2.45) is 4.99 Å². The molecule has 0 unspecified atom stereocenters. The zero-order chi connectivity index (χ0) is 20.3. The molecule has 28 heavy (non-hydrogen) atoms. The molecule has 1 aliphatic heterocycles. The quantitative estimate of drug-likeness (QED) is 0.480. The van der Waals surface area contributed by atoms with Gasteiger partial charge < -0.3 is 10.2 Å². The molecule has 142 valence electrons. The number of halogens is 1. The number of nitro groups is 1. The number of rotatable bonds is 3. The fraction of sp³-hybridized carbons (Fsp3) is 0.0556. The lowest BCUT2D eigenvalue weighted by molar-refractivity contribution is -0.384. The first kappa shape index (κ1) is 18.7. The molecule has 9 nitrogen and oxygen atoms in total. The van der Waals surface area contributed by atoms with Gasteiger partial charge in [0, 0.05) is 19.2 Å². The number of non-ortho nitro benzene ring substituents is 1. The van der Waals surface area contributed by atoms with E-state index in [1.807, 2.05) is 0 Å². The van der Waals surface area contributed by atoms with Gasteiger partial charge in [0.2, 0.25) is 5.96 Å². The lowest BCUT2D eigenvalue weighted by atomic mass is 10.1. The van der Waals surface area contributed by atoms with Crippen LogP contribution in [0.5, 0.6) is 0 Å². The van der Waals surface area contributed by atoms with Crippen molar-refractivity contribution in [3.63, 3.8) is 0 Å². The molecule has 3 rings (SSSR count). The van der Waals surface area contributed by atoms with Gasteiger partial charge in [0.15, 0.2) is 0 Å². The summed E-state index contributed by atoms with van der Waals surface area (Å²) in [7, 11) is 1.52. The van der Waals surface area contributed by atoms with Crippen LogP contribution in [0.25, 0.3) is 6.08 Å². The van der Waals surface area contributed by atoms with Crippen molar-refractivity contribution in [2.75, 3.05) is 12.4 Å². The number of guanidine groups is 1. The maximum atomic E-state index is 13.6. The second-order valence-electron chi connectivity index (χ2n) is 5.74. The molecule has 2 aromatic carbocycles. The van der Waals surface area contributed by atoms with Gasteiger partial charge in [-0.1, -0.05) is 12.1 Å². The Morgan fingerprint density at radius 3 is 2.57 bits per heavy atom. The van der Waals surface area contributed by atoms with Gasteiger partial charge in [-0.05, 0) is 35.9 Å². The van der Waals surface area contributed by atoms with E-state index in [2.05, 4.69) is 15.6 Å². The second kappa shape index (κ2) is 7.66. The van der Waals surface area contributed by atoms with Crippen molar-refractivity contribution in [3.8, 4) is 0 Å². The summed E-state index contributed by atoms with van der Waals surface area (Å²) in [6.07, 6.45) is 1.50. The molecule has 0 aliphatic carbocycles. The van der Waals surface area contributed by atoms with E-state index in [-0.39, 0.29) is 23.0 Å². The molecule has 10 heteroatoms. The van der Waals surface area contributed by atoms with Crippen LogP contribution in [0.15, 0.2) is 59.2 Å². The van der Waals surface area contributed by atoms with Crippen LogP contribution >= 0.6 is 0 Å². The van der Waals surface area contributed by atoms with Crippen molar-refractivity contribution in [1.29, 1.82) is 0 Å². The number of amides is 3. The van der Waals surface area contributed by atoms with E-state index in [4.69, 9.17) is 0 Å². The van der Waals surface area contributed by atoms with Gasteiger partial charge >= 0.3 is 6.03 Å². The Hall–Kier alpha value is -4.08. The van der Waals surface area contributed by atoms with Crippen molar-refractivity contribution < 1.29 is 18.9 Å². The Balaban J connectivity index is 1.77. The molecule has 2 N–H and O–H groups in total. The van der Waals surface area contributed by atoms with Gasteiger partial charge in [-0.3, -0.25) is 20.2 Å². The van der Waals surface area contributed by atoms with E-state index < -0.39 is 22.7 Å². The molecule has 0 radical (unpaired) electrons. The topological polar surface area (TPSA) is 117 Å². The Kier molecular flexibility index (Phi) is 5.12. The highest BCUT2D eigenvalue weighted by atomic mass is 19.1. The zero-order valence-corrected chi connectivity index (χ0v) is 14.5. The number of aliphatic imine (C=N–C) groups is 1. The van der Waals surface area contributed by atoms with Crippen molar-refractivity contribution in [3.05, 3.63) is 75.7 Å². The average molecular weight is 383 g/mol. The van der Waals surface area contributed by atoms with Gasteiger partial charge in [0.1, 0.15) is 11.5 Å². The number of anilines is 1. The van der Waals surface area contributed by atoms with Gasteiger partial charge in [0.05, 0.1) is 10.6 Å². The number of benzene rings is 2. The van der Waals surface area contributed by atoms with Crippen molar-refractivity contribution >= 4 is 35.3 Å². The SMILES string of the molecule is CN1C(=NC(=O)Nc2ccccc2F)NC(=O)/C1=C/c1ccc([N+](=O)[O-])cc1. The Labute approximate surface area is 158 Å². The van der Waals surface area contributed by atoms with E-state index in [0.29, 0.717) is 5.56 Å². The summed E-state index contributed by atoms with van der Waals surface area (Å²) in [5, 5.41) is 15.4. The number of para-hydroxylation sites is 1. The van der Waals surface area contributed by atoms with Crippen LogP contribution in [0, 0.1) is 15.9 Å². The number of likely N-dealkylation sites (N-methyl/N-ethyl adjacent to an activating group) is 1. The van der Waals surface area contributed by atoms with Crippen LogP contribution in [0.1, 0.15) is 5.56 Å². The molecule has 0 saturated carbocycles. The molecule has 0 atom stereocenters. The number of urea groups is 1. The fourth-order valence-corrected chi connectivity index (χ4v) is 2.43. The molecule has 0 spiro atoms. The van der Waals surface area contributed by atoms with E-state index in [9.17, 15) is 24.1 Å². The minimum Gasteiger partial charge on any atom is -0.310 e. The third-order valence-electron chi connectivity index (χ3n) is 3.87. The van der Waals surface area contributed by atoms with Crippen LogP contribution in [0.3, 0.4) is 0 Å². The molecule has 0 bridgehead atoms. The average Bonchev–Trinajstić information content (AvgIpc) is 2.91. The number of hydrogen-bond acceptors (Lipinski definition) is 4. The number of hydrogen-bond donors (Lipinski definition) is 2.